The van der Waals surface area contributed by atoms with Crippen LogP contribution in [-0.2, 0) is 11.0 Å². The van der Waals surface area contributed by atoms with Crippen molar-refractivity contribution < 1.29 is 18.0 Å². The average molecular weight is 375 g/mol. The maximum Gasteiger partial charge on any atom is 0.433 e. The van der Waals surface area contributed by atoms with Crippen LogP contribution in [0.5, 0.6) is 0 Å². The van der Waals surface area contributed by atoms with Gasteiger partial charge in [0.15, 0.2) is 0 Å². The Morgan fingerprint density at radius 2 is 2.00 bits per heavy atom. The molecule has 1 aromatic heterocycles. The minimum Gasteiger partial charge on any atom is -0.326 e. The van der Waals surface area contributed by atoms with Gasteiger partial charge in [0.2, 0.25) is 5.91 Å². The molecule has 2 aromatic rings. The summed E-state index contributed by atoms with van der Waals surface area (Å²) in [5, 5.41) is 9.71. The number of nitrogens with one attached hydrogen (secondary N) is 2. The van der Waals surface area contributed by atoms with Crippen LogP contribution in [0.4, 0.5) is 18.9 Å². The van der Waals surface area contributed by atoms with Crippen LogP contribution in [0.3, 0.4) is 0 Å². The van der Waals surface area contributed by atoms with Gasteiger partial charge in [0.05, 0.1) is 11.9 Å². The van der Waals surface area contributed by atoms with Crippen molar-refractivity contribution in [1.82, 2.24) is 15.1 Å². The Bertz CT molecular complexity index is 709. The molecule has 5 nitrogen and oxygen atoms in total. The Balaban J connectivity index is 0.00000225. The quantitative estimate of drug-likeness (QED) is 0.862. The first-order valence-corrected chi connectivity index (χ1v) is 7.68. The predicted octanol–water partition coefficient (Wildman–Crippen LogP) is 3.39. The molecule has 1 saturated heterocycles. The summed E-state index contributed by atoms with van der Waals surface area (Å²) in [7, 11) is 0. The maximum atomic E-state index is 12.9. The molecule has 0 radical (unpaired) electrons. The second-order valence-corrected chi connectivity index (χ2v) is 5.72. The summed E-state index contributed by atoms with van der Waals surface area (Å²) in [5.74, 6) is -0.114. The minimum absolute atomic E-state index is 0. The number of hydrogen-bond acceptors (Lipinski definition) is 3. The molecular weight excluding hydrogens is 357 g/mol. The van der Waals surface area contributed by atoms with Crippen LogP contribution in [0.2, 0.25) is 0 Å². The van der Waals surface area contributed by atoms with E-state index in [9.17, 15) is 18.0 Å². The molecule has 9 heteroatoms. The van der Waals surface area contributed by atoms with Gasteiger partial charge in [-0.1, -0.05) is 0 Å². The fourth-order valence-corrected chi connectivity index (χ4v) is 2.78. The van der Waals surface area contributed by atoms with Crippen LogP contribution in [-0.4, -0.2) is 28.3 Å². The molecule has 1 aliphatic rings. The normalized spacial score (nSPS) is 17.2. The monoisotopic (exact) mass is 374 g/mol. The smallest absolute Gasteiger partial charge is 0.326 e. The second-order valence-electron chi connectivity index (χ2n) is 5.72. The lowest BCUT2D eigenvalue weighted by Gasteiger charge is -2.12. The highest BCUT2D eigenvalue weighted by molar-refractivity contribution is 5.91. The molecule has 1 aromatic carbocycles. The van der Waals surface area contributed by atoms with Crippen molar-refractivity contribution in [2.45, 2.75) is 31.5 Å². The van der Waals surface area contributed by atoms with E-state index in [1.54, 1.807) is 12.1 Å². The number of nitrogens with zero attached hydrogens (tertiary/aromatic N) is 2. The predicted molar refractivity (Wildman–Crippen MR) is 90.1 cm³/mol. The molecule has 25 heavy (non-hydrogen) atoms. The maximum absolute atomic E-state index is 12.9. The van der Waals surface area contributed by atoms with Gasteiger partial charge in [-0.3, -0.25) is 4.79 Å². The zero-order valence-corrected chi connectivity index (χ0v) is 14.0. The topological polar surface area (TPSA) is 59.0 Å². The van der Waals surface area contributed by atoms with Crippen molar-refractivity contribution >= 4 is 24.0 Å². The first-order valence-electron chi connectivity index (χ1n) is 7.68. The third-order valence-electron chi connectivity index (χ3n) is 3.92. The summed E-state index contributed by atoms with van der Waals surface area (Å²) in [6.45, 7) is 0.929. The Labute approximate surface area is 149 Å². The van der Waals surface area contributed by atoms with Gasteiger partial charge in [-0.15, -0.1) is 12.4 Å². The van der Waals surface area contributed by atoms with Crippen LogP contribution in [0, 0.1) is 0 Å². The van der Waals surface area contributed by atoms with Gasteiger partial charge < -0.3 is 10.6 Å². The largest absolute Gasteiger partial charge is 0.433 e. The Morgan fingerprint density at radius 1 is 1.28 bits per heavy atom. The van der Waals surface area contributed by atoms with Crippen molar-refractivity contribution in [3.05, 3.63) is 42.2 Å². The van der Waals surface area contributed by atoms with Gasteiger partial charge in [-0.05, 0) is 49.7 Å². The van der Waals surface area contributed by atoms with Crippen molar-refractivity contribution in [1.29, 1.82) is 0 Å². The van der Waals surface area contributed by atoms with E-state index in [1.165, 1.54) is 12.1 Å². The number of halogens is 4. The number of alkyl halides is 3. The van der Waals surface area contributed by atoms with E-state index in [0.29, 0.717) is 12.1 Å². The van der Waals surface area contributed by atoms with E-state index in [-0.39, 0.29) is 30.0 Å². The van der Waals surface area contributed by atoms with E-state index in [4.69, 9.17) is 0 Å². The number of anilines is 1. The Hall–Kier alpha value is -2.06. The Morgan fingerprint density at radius 3 is 2.60 bits per heavy atom. The lowest BCUT2D eigenvalue weighted by Crippen LogP contribution is -2.27. The molecule has 1 fully saturated rings. The number of carbonyl (C=O) groups is 1. The van der Waals surface area contributed by atoms with E-state index < -0.39 is 11.9 Å². The number of hydrogen-bond donors (Lipinski definition) is 2. The first kappa shape index (κ1) is 19.3. The standard InChI is InChI=1S/C16H17F3N4O.ClH/c17-16(18,19)14-7-9-21-23(14)13-5-3-11(4-6-13)22-15(24)10-12-2-1-8-20-12;/h3-7,9,12,20H,1-2,8,10H2,(H,22,24);1H. The molecule has 0 bridgehead atoms. The molecule has 0 saturated carbocycles. The molecule has 1 unspecified atom stereocenters. The van der Waals surface area contributed by atoms with E-state index in [0.717, 1.165) is 36.3 Å². The van der Waals surface area contributed by atoms with Crippen molar-refractivity contribution in [3.63, 3.8) is 0 Å². The highest BCUT2D eigenvalue weighted by Gasteiger charge is 2.35. The molecular formula is C16H18ClF3N4O. The molecule has 1 aliphatic heterocycles. The molecule has 2 N–H and O–H groups in total. The van der Waals surface area contributed by atoms with Crippen molar-refractivity contribution in [2.24, 2.45) is 0 Å². The summed E-state index contributed by atoms with van der Waals surface area (Å²) >= 11 is 0. The summed E-state index contributed by atoms with van der Waals surface area (Å²) in [6, 6.07) is 7.23. The van der Waals surface area contributed by atoms with Gasteiger partial charge in [0, 0.05) is 18.2 Å². The van der Waals surface area contributed by atoms with Crippen LogP contribution in [0.15, 0.2) is 36.5 Å². The Kier molecular flexibility index (Phi) is 6.07. The molecule has 1 atom stereocenters. The van der Waals surface area contributed by atoms with Gasteiger partial charge in [-0.2, -0.15) is 18.3 Å². The van der Waals surface area contributed by atoms with E-state index >= 15 is 0 Å². The third-order valence-corrected chi connectivity index (χ3v) is 3.92. The van der Waals surface area contributed by atoms with E-state index in [2.05, 4.69) is 15.7 Å². The van der Waals surface area contributed by atoms with Gasteiger partial charge in [-0.25, -0.2) is 4.68 Å². The number of carbonyl (C=O) groups excluding carboxylic acids is 1. The van der Waals surface area contributed by atoms with E-state index in [1.807, 2.05) is 0 Å². The molecule has 3 rings (SSSR count). The second kappa shape index (κ2) is 7.88. The van der Waals surface area contributed by atoms with Gasteiger partial charge in [0.1, 0.15) is 5.69 Å². The number of rotatable bonds is 4. The minimum atomic E-state index is -4.47. The van der Waals surface area contributed by atoms with Gasteiger partial charge >= 0.3 is 6.18 Å². The zero-order valence-electron chi connectivity index (χ0n) is 13.2. The molecule has 1 amide bonds. The molecule has 0 spiro atoms. The average Bonchev–Trinajstić information content (AvgIpc) is 3.18. The fourth-order valence-electron chi connectivity index (χ4n) is 2.78. The molecule has 2 heterocycles. The first-order chi connectivity index (χ1) is 11.4. The lowest BCUT2D eigenvalue weighted by molar-refractivity contribution is -0.142. The zero-order chi connectivity index (χ0) is 17.2. The summed E-state index contributed by atoms with van der Waals surface area (Å²) in [6.07, 6.45) is -0.937. The summed E-state index contributed by atoms with van der Waals surface area (Å²) in [4.78, 5) is 12.0. The van der Waals surface area contributed by atoms with Crippen LogP contribution in [0.1, 0.15) is 25.0 Å². The highest BCUT2D eigenvalue weighted by Crippen LogP contribution is 2.30. The highest BCUT2D eigenvalue weighted by atomic mass is 35.5. The van der Waals surface area contributed by atoms with Crippen LogP contribution >= 0.6 is 12.4 Å². The van der Waals surface area contributed by atoms with Crippen LogP contribution in [0.25, 0.3) is 5.69 Å². The lowest BCUT2D eigenvalue weighted by atomic mass is 10.1. The van der Waals surface area contributed by atoms with Gasteiger partial charge in [0.25, 0.3) is 0 Å². The summed E-state index contributed by atoms with van der Waals surface area (Å²) < 4.78 is 39.5. The van der Waals surface area contributed by atoms with Crippen molar-refractivity contribution in [2.75, 3.05) is 11.9 Å². The fraction of sp³-hybridized carbons (Fsp3) is 0.375. The van der Waals surface area contributed by atoms with Crippen molar-refractivity contribution in [3.8, 4) is 5.69 Å². The molecule has 136 valence electrons. The number of benzene rings is 1. The SMILES string of the molecule is Cl.O=C(CC1CCCN1)Nc1ccc(-n2nccc2C(F)(F)F)cc1. The molecule has 0 aliphatic carbocycles. The van der Waals surface area contributed by atoms with Crippen LogP contribution < -0.4 is 10.6 Å². The number of amides is 1. The third kappa shape index (κ3) is 4.73. The number of aromatic nitrogens is 2. The summed E-state index contributed by atoms with van der Waals surface area (Å²) in [5.41, 5.74) is -0.0168.